The molecule has 2 bridgehead atoms. The number of aromatic nitrogens is 2. The van der Waals surface area contributed by atoms with E-state index in [1.54, 1.807) is 30.5 Å². The summed E-state index contributed by atoms with van der Waals surface area (Å²) in [6.45, 7) is 6.26. The van der Waals surface area contributed by atoms with Crippen LogP contribution >= 0.6 is 0 Å². The van der Waals surface area contributed by atoms with Gasteiger partial charge in [-0.25, -0.2) is 4.68 Å². The number of hydrogen-bond donors (Lipinski definition) is 4. The Labute approximate surface area is 231 Å². The van der Waals surface area contributed by atoms with Gasteiger partial charge in [-0.15, -0.1) is 0 Å². The largest absolute Gasteiger partial charge is 0.482 e. The summed E-state index contributed by atoms with van der Waals surface area (Å²) in [6, 6.07) is 7.01. The van der Waals surface area contributed by atoms with Crippen LogP contribution in [0.3, 0.4) is 0 Å². The molecule has 3 aliphatic carbocycles. The summed E-state index contributed by atoms with van der Waals surface area (Å²) in [7, 11) is 0. The Morgan fingerprint density at radius 1 is 1.12 bits per heavy atom. The Bertz CT molecular complexity index is 1400. The zero-order valence-corrected chi connectivity index (χ0v) is 22.4. The standard InChI is InChI=1S/C29H33N5O6/c1-18(25(36)30-15-20-3-4-23-21(14-20)33-24(35)16-40-23)13-22(34-19(2)5-12-32-34)26(37)31-17-28-6-9-29(10-7-28,11-8-28)27(38)39/h3-5,12-14H,1,6-11,15-17H2,2H3,(H,30,36)(H,31,37)(H,33,35)(H,38,39)/b22-13-. The number of aryl methyl sites for hydroxylation is 1. The summed E-state index contributed by atoms with van der Waals surface area (Å²) in [5.74, 6) is -1.24. The monoisotopic (exact) mass is 547 g/mol. The van der Waals surface area contributed by atoms with Crippen LogP contribution in [0.15, 0.2) is 48.7 Å². The molecular formula is C29H33N5O6. The van der Waals surface area contributed by atoms with E-state index in [9.17, 15) is 24.3 Å². The van der Waals surface area contributed by atoms with E-state index in [0.717, 1.165) is 24.8 Å². The highest BCUT2D eigenvalue weighted by molar-refractivity contribution is 6.15. The maximum Gasteiger partial charge on any atom is 0.309 e. The zero-order chi connectivity index (χ0) is 28.5. The van der Waals surface area contributed by atoms with Crippen LogP contribution in [0.5, 0.6) is 5.75 Å². The number of rotatable bonds is 9. The van der Waals surface area contributed by atoms with Crippen molar-refractivity contribution in [3.63, 3.8) is 0 Å². The van der Waals surface area contributed by atoms with Crippen molar-refractivity contribution in [1.82, 2.24) is 20.4 Å². The summed E-state index contributed by atoms with van der Waals surface area (Å²) in [4.78, 5) is 49.7. The van der Waals surface area contributed by atoms with Crippen molar-refractivity contribution in [2.75, 3.05) is 18.5 Å². The molecule has 2 aromatic rings. The van der Waals surface area contributed by atoms with Gasteiger partial charge in [-0.3, -0.25) is 19.2 Å². The van der Waals surface area contributed by atoms with Crippen LogP contribution in [0, 0.1) is 17.8 Å². The van der Waals surface area contributed by atoms with Crippen molar-refractivity contribution in [2.45, 2.75) is 52.0 Å². The molecule has 11 nitrogen and oxygen atoms in total. The molecule has 40 heavy (non-hydrogen) atoms. The fraction of sp³-hybridized carbons (Fsp3) is 0.414. The molecule has 0 unspecified atom stereocenters. The van der Waals surface area contributed by atoms with E-state index < -0.39 is 17.3 Å². The molecule has 1 aromatic heterocycles. The summed E-state index contributed by atoms with van der Waals surface area (Å²) in [5.41, 5.74) is 1.52. The number of aliphatic carboxylic acids is 1. The Kier molecular flexibility index (Phi) is 7.22. The third-order valence-corrected chi connectivity index (χ3v) is 8.50. The van der Waals surface area contributed by atoms with E-state index in [2.05, 4.69) is 27.6 Å². The number of fused-ring (bicyclic) bond motifs is 4. The zero-order valence-electron chi connectivity index (χ0n) is 22.4. The smallest absolute Gasteiger partial charge is 0.309 e. The SMILES string of the molecule is C=C(/C=C(/C(=O)NCC12CCC(C(=O)O)(CC1)CC2)n1nccc1C)C(=O)NCc1ccc2c(c1)NC(=O)CO2. The number of hydrogen-bond acceptors (Lipinski definition) is 6. The lowest BCUT2D eigenvalue weighted by Gasteiger charge is -2.51. The summed E-state index contributed by atoms with van der Waals surface area (Å²) in [5, 5.41) is 22.5. The highest BCUT2D eigenvalue weighted by Gasteiger charge is 2.52. The van der Waals surface area contributed by atoms with Crippen LogP contribution in [0.4, 0.5) is 5.69 Å². The second-order valence-electron chi connectivity index (χ2n) is 11.1. The lowest BCUT2D eigenvalue weighted by Crippen LogP contribution is -2.50. The van der Waals surface area contributed by atoms with Gasteiger partial charge in [0.2, 0.25) is 0 Å². The van der Waals surface area contributed by atoms with Gasteiger partial charge in [0.05, 0.1) is 11.1 Å². The number of carbonyl (C=O) groups is 4. The molecule has 210 valence electrons. The number of nitrogens with one attached hydrogen (secondary N) is 3. The molecule has 6 rings (SSSR count). The number of carboxylic acid groups (broad SMARTS) is 1. The molecule has 3 fully saturated rings. The highest BCUT2D eigenvalue weighted by Crippen LogP contribution is 2.56. The number of carboxylic acids is 1. The van der Waals surface area contributed by atoms with Gasteiger partial charge in [-0.1, -0.05) is 12.6 Å². The van der Waals surface area contributed by atoms with Crippen molar-refractivity contribution in [1.29, 1.82) is 0 Å². The molecule has 0 radical (unpaired) electrons. The van der Waals surface area contributed by atoms with E-state index in [4.69, 9.17) is 4.74 Å². The summed E-state index contributed by atoms with van der Waals surface area (Å²) < 4.78 is 6.83. The third-order valence-electron chi connectivity index (χ3n) is 8.50. The average Bonchev–Trinajstić information content (AvgIpc) is 3.39. The summed E-state index contributed by atoms with van der Waals surface area (Å²) in [6.07, 6.45) is 7.14. The van der Waals surface area contributed by atoms with Gasteiger partial charge in [0.15, 0.2) is 6.61 Å². The molecule has 2 heterocycles. The Hall–Kier alpha value is -4.41. The van der Waals surface area contributed by atoms with Gasteiger partial charge < -0.3 is 25.8 Å². The quantitative estimate of drug-likeness (QED) is 0.278. The maximum absolute atomic E-state index is 13.4. The molecule has 0 saturated heterocycles. The number of carbonyl (C=O) groups excluding carboxylic acids is 3. The van der Waals surface area contributed by atoms with Crippen LogP contribution in [0.1, 0.15) is 49.8 Å². The molecule has 0 spiro atoms. The summed E-state index contributed by atoms with van der Waals surface area (Å²) >= 11 is 0. The van der Waals surface area contributed by atoms with Gasteiger partial charge in [0.25, 0.3) is 17.7 Å². The van der Waals surface area contributed by atoms with Crippen molar-refractivity contribution in [3.8, 4) is 5.75 Å². The first-order chi connectivity index (χ1) is 19.1. The molecular weight excluding hydrogens is 514 g/mol. The van der Waals surface area contributed by atoms with E-state index in [1.165, 1.54) is 10.8 Å². The second kappa shape index (κ2) is 10.6. The van der Waals surface area contributed by atoms with Gasteiger partial charge in [0, 0.05) is 30.6 Å². The van der Waals surface area contributed by atoms with Crippen molar-refractivity contribution in [3.05, 3.63) is 59.9 Å². The minimum Gasteiger partial charge on any atom is -0.482 e. The number of nitrogens with zero attached hydrogens (tertiary/aromatic N) is 2. The van der Waals surface area contributed by atoms with Crippen molar-refractivity contribution in [2.24, 2.45) is 10.8 Å². The molecule has 3 amide bonds. The normalized spacial score (nSPS) is 23.4. The Morgan fingerprint density at radius 2 is 1.85 bits per heavy atom. The van der Waals surface area contributed by atoms with Crippen molar-refractivity contribution < 1.29 is 29.0 Å². The number of ether oxygens (including phenoxy) is 1. The van der Waals surface area contributed by atoms with Crippen LogP contribution < -0.4 is 20.7 Å². The van der Waals surface area contributed by atoms with E-state index in [1.807, 2.05) is 6.92 Å². The van der Waals surface area contributed by atoms with Crippen LogP contribution in [-0.4, -0.2) is 51.7 Å². The van der Waals surface area contributed by atoms with Gasteiger partial charge >= 0.3 is 5.97 Å². The highest BCUT2D eigenvalue weighted by atomic mass is 16.5. The minimum absolute atomic E-state index is 0.0344. The Balaban J connectivity index is 1.24. The maximum atomic E-state index is 13.4. The topological polar surface area (TPSA) is 152 Å². The first-order valence-electron chi connectivity index (χ1n) is 13.4. The second-order valence-corrected chi connectivity index (χ2v) is 11.1. The minimum atomic E-state index is -0.714. The first kappa shape index (κ1) is 27.2. The Morgan fingerprint density at radius 3 is 2.50 bits per heavy atom. The lowest BCUT2D eigenvalue weighted by atomic mass is 9.53. The van der Waals surface area contributed by atoms with Crippen LogP contribution in [0.25, 0.3) is 5.70 Å². The molecule has 11 heteroatoms. The molecule has 4 N–H and O–H groups in total. The predicted octanol–water partition coefficient (Wildman–Crippen LogP) is 2.78. The fourth-order valence-corrected chi connectivity index (χ4v) is 5.82. The number of amides is 3. The lowest BCUT2D eigenvalue weighted by molar-refractivity contribution is -0.159. The van der Waals surface area contributed by atoms with Crippen LogP contribution in [-0.2, 0) is 25.7 Å². The number of benzene rings is 1. The van der Waals surface area contributed by atoms with E-state index in [0.29, 0.717) is 42.9 Å². The average molecular weight is 548 g/mol. The molecule has 1 aromatic carbocycles. The third kappa shape index (κ3) is 5.36. The molecule has 4 aliphatic rings. The molecule has 3 saturated carbocycles. The predicted molar refractivity (Wildman–Crippen MR) is 146 cm³/mol. The fourth-order valence-electron chi connectivity index (χ4n) is 5.82. The van der Waals surface area contributed by atoms with Gasteiger partial charge in [-0.05, 0) is 80.7 Å². The molecule has 1 aliphatic heterocycles. The van der Waals surface area contributed by atoms with Gasteiger partial charge in [-0.2, -0.15) is 5.10 Å². The number of anilines is 1. The van der Waals surface area contributed by atoms with E-state index in [-0.39, 0.29) is 41.7 Å². The van der Waals surface area contributed by atoms with E-state index >= 15 is 0 Å². The van der Waals surface area contributed by atoms with Crippen molar-refractivity contribution >= 4 is 35.1 Å². The first-order valence-corrected chi connectivity index (χ1v) is 13.4. The van der Waals surface area contributed by atoms with Gasteiger partial charge in [0.1, 0.15) is 11.4 Å². The van der Waals surface area contributed by atoms with Crippen LogP contribution in [0.2, 0.25) is 0 Å². The molecule has 0 atom stereocenters.